The van der Waals surface area contributed by atoms with Gasteiger partial charge in [0.15, 0.2) is 5.78 Å². The molecule has 0 heterocycles. The van der Waals surface area contributed by atoms with E-state index in [0.717, 1.165) is 12.3 Å². The average Bonchev–Trinajstić information content (AvgIpc) is 2.95. The number of carbonyl (C=O) groups is 1. The van der Waals surface area contributed by atoms with Crippen molar-refractivity contribution in [2.45, 2.75) is 116 Å². The van der Waals surface area contributed by atoms with Crippen molar-refractivity contribution in [3.63, 3.8) is 0 Å². The molecule has 0 aliphatic heterocycles. The molecule has 0 spiro atoms. The van der Waals surface area contributed by atoms with Gasteiger partial charge in [0, 0.05) is 5.56 Å². The summed E-state index contributed by atoms with van der Waals surface area (Å²) >= 11 is 0. The summed E-state index contributed by atoms with van der Waals surface area (Å²) in [5.41, 5.74) is 1.36. The third-order valence-corrected chi connectivity index (χ3v) is 7.92. The molecule has 0 aliphatic carbocycles. The van der Waals surface area contributed by atoms with E-state index in [1.165, 1.54) is 109 Å². The molecule has 0 saturated heterocycles. The van der Waals surface area contributed by atoms with Crippen LogP contribution in [0, 0.1) is 5.92 Å². The van der Waals surface area contributed by atoms with Gasteiger partial charge in [-0.2, -0.15) is 0 Å². The van der Waals surface area contributed by atoms with Crippen LogP contribution in [-0.4, -0.2) is 33.0 Å². The van der Waals surface area contributed by atoms with E-state index < -0.39 is 0 Å². The highest BCUT2D eigenvalue weighted by Crippen LogP contribution is 2.24. The van der Waals surface area contributed by atoms with Crippen LogP contribution in [0.25, 0.3) is 0 Å². The van der Waals surface area contributed by atoms with Crippen molar-refractivity contribution in [1.82, 2.24) is 0 Å². The van der Waals surface area contributed by atoms with Crippen LogP contribution in [0.4, 0.5) is 0 Å². The van der Waals surface area contributed by atoms with Crippen LogP contribution in [0.5, 0.6) is 5.75 Å². The van der Waals surface area contributed by atoms with Crippen LogP contribution >= 0.6 is 0 Å². The number of carbonyl (C=O) groups excluding carboxylic acids is 1. The van der Waals surface area contributed by atoms with E-state index in [-0.39, 0.29) is 18.2 Å². The Morgan fingerprint density at radius 1 is 0.675 bits per heavy atom. The molecule has 2 aromatic carbocycles. The first-order valence-electron chi connectivity index (χ1n) is 16.2. The Balaban J connectivity index is 0.00000800. The summed E-state index contributed by atoms with van der Waals surface area (Å²) in [5.74, 6) is 1.68. The minimum atomic E-state index is 0. The third-order valence-electron chi connectivity index (χ3n) is 7.92. The molecule has 3 nitrogen and oxygen atoms in total. The second-order valence-corrected chi connectivity index (χ2v) is 11.8. The van der Waals surface area contributed by atoms with Crippen molar-refractivity contribution in [2.75, 3.05) is 27.2 Å². The quantitative estimate of drug-likeness (QED) is 0.129. The summed E-state index contributed by atoms with van der Waals surface area (Å²) in [4.78, 5) is 14.4. The fourth-order valence-corrected chi connectivity index (χ4v) is 5.59. The molecule has 0 aromatic heterocycles. The number of unbranched alkanes of at least 4 members (excludes halogenated alkanes) is 11. The lowest BCUT2D eigenvalue weighted by molar-refractivity contribution is -0.858. The van der Waals surface area contributed by atoms with E-state index >= 15 is 0 Å². The monoisotopic (exact) mass is 571 g/mol. The number of rotatable bonds is 24. The number of hydrogen-bond donors (Lipinski definition) is 1. The highest BCUT2D eigenvalue weighted by atomic mass is 35.5. The number of quaternary nitrogens is 1. The zero-order chi connectivity index (χ0) is 28.0. The van der Waals surface area contributed by atoms with Crippen molar-refractivity contribution in [3.05, 3.63) is 65.7 Å². The largest absolute Gasteiger partial charge is 1.00 e. The maximum absolute atomic E-state index is 12.9. The van der Waals surface area contributed by atoms with Crippen LogP contribution in [-0.2, 0) is 0 Å². The molecule has 0 saturated carbocycles. The Labute approximate surface area is 252 Å². The Hall–Kier alpha value is -1.84. The molecule has 2 aromatic rings. The van der Waals surface area contributed by atoms with Crippen molar-refractivity contribution >= 4 is 5.78 Å². The molecule has 1 N–H and O–H groups in total. The Morgan fingerprint density at radius 3 is 1.80 bits per heavy atom. The first-order valence-corrected chi connectivity index (χ1v) is 16.2. The predicted octanol–water partition coefficient (Wildman–Crippen LogP) is 5.71. The van der Waals surface area contributed by atoms with Gasteiger partial charge in [-0.05, 0) is 37.3 Å². The van der Waals surface area contributed by atoms with E-state index in [1.807, 2.05) is 54.6 Å². The maximum Gasteiger partial charge on any atom is 0.196 e. The van der Waals surface area contributed by atoms with Gasteiger partial charge in [-0.1, -0.05) is 139 Å². The zero-order valence-corrected chi connectivity index (χ0v) is 26.7. The van der Waals surface area contributed by atoms with Crippen LogP contribution < -0.4 is 22.0 Å². The maximum atomic E-state index is 12.9. The van der Waals surface area contributed by atoms with Gasteiger partial charge < -0.3 is 22.0 Å². The molecule has 0 radical (unpaired) electrons. The van der Waals surface area contributed by atoms with E-state index in [1.54, 1.807) is 4.90 Å². The first-order chi connectivity index (χ1) is 19.1. The summed E-state index contributed by atoms with van der Waals surface area (Å²) in [5, 5.41) is 0. The summed E-state index contributed by atoms with van der Waals surface area (Å²) in [6.45, 7) is 4.34. The van der Waals surface area contributed by atoms with E-state index in [0.29, 0.717) is 23.5 Å². The molecule has 40 heavy (non-hydrogen) atoms. The molecule has 0 amide bonds. The van der Waals surface area contributed by atoms with Crippen LogP contribution in [0.15, 0.2) is 54.6 Å². The van der Waals surface area contributed by atoms with E-state index in [2.05, 4.69) is 21.0 Å². The van der Waals surface area contributed by atoms with Gasteiger partial charge in [-0.3, -0.25) is 4.79 Å². The Kier molecular flexibility index (Phi) is 21.6. The first kappa shape index (κ1) is 36.2. The third kappa shape index (κ3) is 16.4. The lowest BCUT2D eigenvalue weighted by atomic mass is 9.90. The van der Waals surface area contributed by atoms with Gasteiger partial charge in [0.2, 0.25) is 0 Å². The fraction of sp³-hybridized carbons (Fsp3) is 0.639. The van der Waals surface area contributed by atoms with Gasteiger partial charge in [0.25, 0.3) is 0 Å². The SMILES string of the molecule is CCCC(CCCCCCCCC[NH+](C)C)CCCCCCCCOc1ccccc1C(=O)c1ccccc1.[Cl-]. The predicted molar refractivity (Wildman–Crippen MR) is 167 cm³/mol. The normalized spacial score (nSPS) is 11.8. The van der Waals surface area contributed by atoms with Crippen molar-refractivity contribution in [2.24, 2.45) is 5.92 Å². The van der Waals surface area contributed by atoms with Crippen LogP contribution in [0.2, 0.25) is 0 Å². The molecule has 226 valence electrons. The van der Waals surface area contributed by atoms with Gasteiger partial charge >= 0.3 is 0 Å². The zero-order valence-electron chi connectivity index (χ0n) is 25.9. The van der Waals surface area contributed by atoms with Crippen molar-refractivity contribution in [1.29, 1.82) is 0 Å². The molecule has 1 atom stereocenters. The summed E-state index contributed by atoms with van der Waals surface area (Å²) in [7, 11) is 4.51. The number of ether oxygens (including phenoxy) is 1. The van der Waals surface area contributed by atoms with Gasteiger partial charge in [-0.25, -0.2) is 0 Å². The van der Waals surface area contributed by atoms with Gasteiger partial charge in [0.05, 0.1) is 32.8 Å². The Morgan fingerprint density at radius 2 is 1.20 bits per heavy atom. The lowest BCUT2D eigenvalue weighted by Crippen LogP contribution is -3.05. The highest BCUT2D eigenvalue weighted by molar-refractivity contribution is 6.10. The van der Waals surface area contributed by atoms with Gasteiger partial charge in [-0.15, -0.1) is 0 Å². The smallest absolute Gasteiger partial charge is 0.196 e. The molecule has 2 rings (SSSR count). The average molecular weight is 572 g/mol. The number of ketones is 1. The molecule has 4 heteroatoms. The van der Waals surface area contributed by atoms with E-state index in [9.17, 15) is 4.79 Å². The van der Waals surface area contributed by atoms with Crippen molar-refractivity contribution < 1.29 is 26.8 Å². The molecular formula is C36H58ClNO2. The number of nitrogens with one attached hydrogen (secondary N) is 1. The second kappa shape index (κ2) is 23.8. The molecule has 0 fully saturated rings. The number of hydrogen-bond acceptors (Lipinski definition) is 2. The second-order valence-electron chi connectivity index (χ2n) is 11.8. The summed E-state index contributed by atoms with van der Waals surface area (Å²) in [6, 6.07) is 17.1. The number of halogens is 1. The van der Waals surface area contributed by atoms with Crippen LogP contribution in [0.3, 0.4) is 0 Å². The van der Waals surface area contributed by atoms with Crippen LogP contribution in [0.1, 0.15) is 132 Å². The number of benzene rings is 2. The minimum absolute atomic E-state index is 0. The molecule has 0 bridgehead atoms. The molecular weight excluding hydrogens is 514 g/mol. The highest BCUT2D eigenvalue weighted by Gasteiger charge is 2.14. The van der Waals surface area contributed by atoms with Crippen molar-refractivity contribution in [3.8, 4) is 5.75 Å². The lowest BCUT2D eigenvalue weighted by Gasteiger charge is -2.16. The Bertz CT molecular complexity index is 870. The standard InChI is InChI=1S/C36H57NO2.ClH/c1-4-23-32(24-15-10-6-5-8-12-21-30-37(2)3)25-16-11-7-9-13-22-31-39-35-29-20-19-28-34(35)36(38)33-26-17-14-18-27-33;/h14,17-20,26-29,32H,4-13,15-16,21-25,30-31H2,1-3H3;1H. The summed E-state index contributed by atoms with van der Waals surface area (Å²) < 4.78 is 6.03. The van der Waals surface area contributed by atoms with E-state index in [4.69, 9.17) is 4.74 Å². The minimum Gasteiger partial charge on any atom is -1.00 e. The topological polar surface area (TPSA) is 30.7 Å². The van der Waals surface area contributed by atoms with Gasteiger partial charge in [0.1, 0.15) is 5.75 Å². The molecule has 1 unspecified atom stereocenters. The molecule has 0 aliphatic rings. The number of para-hydroxylation sites is 1. The fourth-order valence-electron chi connectivity index (χ4n) is 5.59. The summed E-state index contributed by atoms with van der Waals surface area (Å²) in [6.07, 6.45) is 23.2.